The van der Waals surface area contributed by atoms with Crippen molar-refractivity contribution in [1.29, 1.82) is 0 Å². The molecule has 2 atom stereocenters. The van der Waals surface area contributed by atoms with Gasteiger partial charge in [0.1, 0.15) is 0 Å². The summed E-state index contributed by atoms with van der Waals surface area (Å²) in [6.45, 7) is 1.48. The minimum Gasteiger partial charge on any atom is -0.481 e. The Bertz CT molecular complexity index is 599. The maximum atomic E-state index is 12.1. The van der Waals surface area contributed by atoms with E-state index in [2.05, 4.69) is 4.90 Å². The van der Waals surface area contributed by atoms with Crippen molar-refractivity contribution in [3.63, 3.8) is 0 Å². The fourth-order valence-electron chi connectivity index (χ4n) is 3.35. The lowest BCUT2D eigenvalue weighted by atomic mass is 10.0. The van der Waals surface area contributed by atoms with Gasteiger partial charge in [0.15, 0.2) is 5.78 Å². The number of aliphatic hydroxyl groups is 1. The Balaban J connectivity index is 1.72. The number of aliphatic carboxylic acids is 1. The number of nitrogens with zero attached hydrogens (tertiary/aromatic N) is 1. The van der Waals surface area contributed by atoms with Crippen LogP contribution in [0.5, 0.6) is 0 Å². The monoisotopic (exact) mass is 359 g/mol. The summed E-state index contributed by atoms with van der Waals surface area (Å²) in [5.74, 6) is -0.512. The second-order valence-corrected chi connectivity index (χ2v) is 6.89. The Hall–Kier alpha value is -1.98. The van der Waals surface area contributed by atoms with Crippen LogP contribution >= 0.6 is 0 Å². The molecule has 0 amide bonds. The summed E-state index contributed by atoms with van der Waals surface area (Å²) in [5, 5.41) is 18.9. The average molecular weight is 359 g/mol. The lowest BCUT2D eigenvalue weighted by Gasteiger charge is -2.23. The highest BCUT2D eigenvalue weighted by molar-refractivity contribution is 5.86. The first-order valence-electron chi connectivity index (χ1n) is 9.42. The number of unbranched alkanes of at least 4 members (excludes halogenated alkanes) is 1. The number of benzene rings is 1. The van der Waals surface area contributed by atoms with Gasteiger partial charge in [-0.1, -0.05) is 42.5 Å². The molecule has 5 heteroatoms. The molecule has 0 saturated carbocycles. The van der Waals surface area contributed by atoms with E-state index in [-0.39, 0.29) is 18.2 Å². The van der Waals surface area contributed by atoms with Crippen LogP contribution in [0.4, 0.5) is 0 Å². The molecule has 1 aromatic rings. The van der Waals surface area contributed by atoms with Gasteiger partial charge >= 0.3 is 5.97 Å². The number of carboxylic acids is 1. The van der Waals surface area contributed by atoms with Crippen LogP contribution in [0, 0.1) is 0 Å². The smallest absolute Gasteiger partial charge is 0.303 e. The Labute approximate surface area is 155 Å². The Kier molecular flexibility index (Phi) is 8.51. The van der Waals surface area contributed by atoms with E-state index in [1.165, 1.54) is 0 Å². The van der Waals surface area contributed by atoms with E-state index in [1.54, 1.807) is 0 Å². The topological polar surface area (TPSA) is 77.8 Å². The van der Waals surface area contributed by atoms with Crippen molar-refractivity contribution in [2.45, 2.75) is 57.1 Å². The molecule has 2 unspecified atom stereocenters. The van der Waals surface area contributed by atoms with Crippen molar-refractivity contribution >= 4 is 11.8 Å². The zero-order valence-corrected chi connectivity index (χ0v) is 15.2. The molecule has 0 spiro atoms. The molecule has 1 aromatic carbocycles. The molecular formula is C21H29NO4. The van der Waals surface area contributed by atoms with Crippen molar-refractivity contribution in [1.82, 2.24) is 4.90 Å². The third-order valence-electron chi connectivity index (χ3n) is 4.81. The SMILES string of the molecule is O=C(O)CCCC=CCC1C(=O)CCN1CCC(O)Cc1ccccc1. The van der Waals surface area contributed by atoms with Crippen LogP contribution in [0.25, 0.3) is 0 Å². The maximum Gasteiger partial charge on any atom is 0.303 e. The van der Waals surface area contributed by atoms with E-state index in [0.717, 1.165) is 25.1 Å². The first-order valence-corrected chi connectivity index (χ1v) is 9.42. The minimum atomic E-state index is -0.774. The van der Waals surface area contributed by atoms with Crippen LogP contribution in [-0.4, -0.2) is 52.1 Å². The molecule has 2 N–H and O–H groups in total. The van der Waals surface area contributed by atoms with Crippen LogP contribution in [0.3, 0.4) is 0 Å². The second kappa shape index (κ2) is 10.9. The van der Waals surface area contributed by atoms with Gasteiger partial charge in [0.2, 0.25) is 0 Å². The third kappa shape index (κ3) is 7.10. The molecule has 142 valence electrons. The van der Waals surface area contributed by atoms with E-state index in [0.29, 0.717) is 32.1 Å². The van der Waals surface area contributed by atoms with E-state index >= 15 is 0 Å². The molecule has 0 radical (unpaired) electrons. The number of carbonyl (C=O) groups is 2. The summed E-state index contributed by atoms with van der Waals surface area (Å²) < 4.78 is 0. The molecule has 1 saturated heterocycles. The summed E-state index contributed by atoms with van der Waals surface area (Å²) in [6.07, 6.45) is 7.62. The van der Waals surface area contributed by atoms with Gasteiger partial charge in [-0.2, -0.15) is 0 Å². The van der Waals surface area contributed by atoms with Crippen molar-refractivity contribution in [2.75, 3.05) is 13.1 Å². The molecule has 26 heavy (non-hydrogen) atoms. The largest absolute Gasteiger partial charge is 0.481 e. The molecule has 0 aromatic heterocycles. The summed E-state index contributed by atoms with van der Waals surface area (Å²) in [7, 11) is 0. The molecule has 1 fully saturated rings. The fourth-order valence-corrected chi connectivity index (χ4v) is 3.35. The van der Waals surface area contributed by atoms with Gasteiger partial charge in [-0.05, 0) is 37.7 Å². The highest BCUT2D eigenvalue weighted by Gasteiger charge is 2.31. The number of ketones is 1. The maximum absolute atomic E-state index is 12.1. The van der Waals surface area contributed by atoms with Gasteiger partial charge in [0.05, 0.1) is 12.1 Å². The first-order chi connectivity index (χ1) is 12.6. The fraction of sp³-hybridized carbons (Fsp3) is 0.524. The highest BCUT2D eigenvalue weighted by atomic mass is 16.4. The van der Waals surface area contributed by atoms with Gasteiger partial charge in [-0.25, -0.2) is 0 Å². The summed E-state index contributed by atoms with van der Waals surface area (Å²) in [6, 6.07) is 9.83. The minimum absolute atomic E-state index is 0.102. The highest BCUT2D eigenvalue weighted by Crippen LogP contribution is 2.19. The Morgan fingerprint density at radius 3 is 2.77 bits per heavy atom. The van der Waals surface area contributed by atoms with E-state index in [4.69, 9.17) is 5.11 Å². The number of carboxylic acid groups (broad SMARTS) is 1. The standard InChI is InChI=1S/C21H29NO4/c23-18(16-17-8-4-3-5-9-17)12-14-22-15-13-20(24)19(22)10-6-1-2-7-11-21(25)26/h1,3-6,8-9,18-19,23H,2,7,10-16H2,(H,25,26). The van der Waals surface area contributed by atoms with E-state index in [1.807, 2.05) is 42.5 Å². The molecule has 1 heterocycles. The number of rotatable bonds is 11. The van der Waals surface area contributed by atoms with Gasteiger partial charge in [0.25, 0.3) is 0 Å². The number of hydrogen-bond donors (Lipinski definition) is 2. The number of aliphatic hydroxyl groups excluding tert-OH is 1. The normalized spacial score (nSPS) is 19.3. The Morgan fingerprint density at radius 1 is 1.27 bits per heavy atom. The zero-order valence-electron chi connectivity index (χ0n) is 15.2. The van der Waals surface area contributed by atoms with E-state index in [9.17, 15) is 14.7 Å². The van der Waals surface area contributed by atoms with Crippen LogP contribution in [0.2, 0.25) is 0 Å². The summed E-state index contributed by atoms with van der Waals surface area (Å²) >= 11 is 0. The second-order valence-electron chi connectivity index (χ2n) is 6.89. The van der Waals surface area contributed by atoms with Crippen molar-refractivity contribution < 1.29 is 19.8 Å². The summed E-state index contributed by atoms with van der Waals surface area (Å²) in [5.41, 5.74) is 1.12. The quantitative estimate of drug-likeness (QED) is 0.469. The lowest BCUT2D eigenvalue weighted by molar-refractivity contribution is -0.137. The number of carbonyl (C=O) groups excluding carboxylic acids is 1. The van der Waals surface area contributed by atoms with Gasteiger partial charge in [0, 0.05) is 25.9 Å². The van der Waals surface area contributed by atoms with Crippen LogP contribution in [-0.2, 0) is 16.0 Å². The molecule has 0 aliphatic carbocycles. The zero-order chi connectivity index (χ0) is 18.8. The van der Waals surface area contributed by atoms with Crippen LogP contribution < -0.4 is 0 Å². The number of hydrogen-bond acceptors (Lipinski definition) is 4. The number of allylic oxidation sites excluding steroid dienone is 1. The molecule has 1 aliphatic heterocycles. The van der Waals surface area contributed by atoms with Crippen LogP contribution in [0.15, 0.2) is 42.5 Å². The van der Waals surface area contributed by atoms with Gasteiger partial charge < -0.3 is 10.2 Å². The van der Waals surface area contributed by atoms with Crippen molar-refractivity contribution in [2.24, 2.45) is 0 Å². The molecular weight excluding hydrogens is 330 g/mol. The molecule has 0 bridgehead atoms. The first kappa shape index (κ1) is 20.3. The summed E-state index contributed by atoms with van der Waals surface area (Å²) in [4.78, 5) is 24.8. The molecule has 2 rings (SSSR count). The number of Topliss-reactive ketones (excluding diaryl/α,β-unsaturated/α-hetero) is 1. The van der Waals surface area contributed by atoms with E-state index < -0.39 is 12.1 Å². The predicted octanol–water partition coefficient (Wildman–Crippen LogP) is 2.82. The van der Waals surface area contributed by atoms with Crippen LogP contribution in [0.1, 0.15) is 44.1 Å². The molecule has 5 nitrogen and oxygen atoms in total. The number of likely N-dealkylation sites (tertiary alicyclic amines) is 1. The predicted molar refractivity (Wildman–Crippen MR) is 101 cm³/mol. The van der Waals surface area contributed by atoms with Crippen molar-refractivity contribution in [3.8, 4) is 0 Å². The average Bonchev–Trinajstić information content (AvgIpc) is 2.97. The van der Waals surface area contributed by atoms with Crippen molar-refractivity contribution in [3.05, 3.63) is 48.0 Å². The van der Waals surface area contributed by atoms with Gasteiger partial charge in [-0.15, -0.1) is 0 Å². The van der Waals surface area contributed by atoms with Gasteiger partial charge in [-0.3, -0.25) is 14.5 Å². The molecule has 1 aliphatic rings. The lowest BCUT2D eigenvalue weighted by Crippen LogP contribution is -2.35. The Morgan fingerprint density at radius 2 is 2.04 bits per heavy atom. The third-order valence-corrected chi connectivity index (χ3v) is 4.81.